The van der Waals surface area contributed by atoms with Gasteiger partial charge in [0, 0.05) is 31.2 Å². The molecule has 1 aromatic carbocycles. The van der Waals surface area contributed by atoms with E-state index < -0.39 is 0 Å². The van der Waals surface area contributed by atoms with Gasteiger partial charge in [-0.3, -0.25) is 0 Å². The van der Waals surface area contributed by atoms with Crippen LogP contribution in [0.3, 0.4) is 0 Å². The van der Waals surface area contributed by atoms with Crippen LogP contribution in [-0.2, 0) is 6.54 Å². The summed E-state index contributed by atoms with van der Waals surface area (Å²) in [7, 11) is 0. The molecular formula is C19H23ClN6O. The van der Waals surface area contributed by atoms with E-state index in [0.717, 1.165) is 48.3 Å². The lowest BCUT2D eigenvalue weighted by Gasteiger charge is -2.28. The Kier molecular flexibility index (Phi) is 4.65. The number of hydrogen-bond acceptors (Lipinski definition) is 5. The first kappa shape index (κ1) is 18.0. The van der Waals surface area contributed by atoms with Crippen molar-refractivity contribution < 1.29 is 4.74 Å². The molecule has 0 unspecified atom stereocenters. The molecule has 0 bridgehead atoms. The Morgan fingerprint density at radius 3 is 2.81 bits per heavy atom. The van der Waals surface area contributed by atoms with E-state index in [-0.39, 0.29) is 18.4 Å². The van der Waals surface area contributed by atoms with Gasteiger partial charge >= 0.3 is 0 Å². The van der Waals surface area contributed by atoms with E-state index in [1.807, 2.05) is 4.68 Å². The van der Waals surface area contributed by atoms with Crippen molar-refractivity contribution in [2.45, 2.75) is 32.4 Å². The van der Waals surface area contributed by atoms with Gasteiger partial charge in [0.1, 0.15) is 30.2 Å². The molecule has 5 rings (SSSR count). The molecule has 0 amide bonds. The summed E-state index contributed by atoms with van der Waals surface area (Å²) >= 11 is 0. The zero-order valence-electron chi connectivity index (χ0n) is 15.4. The summed E-state index contributed by atoms with van der Waals surface area (Å²) in [4.78, 5) is 9.32. The largest absolute Gasteiger partial charge is 0.491 e. The number of fused-ring (bicyclic) bond motifs is 3. The number of halogens is 1. The van der Waals surface area contributed by atoms with Crippen LogP contribution in [0, 0.1) is 0 Å². The molecule has 0 saturated carbocycles. The molecule has 1 saturated heterocycles. The van der Waals surface area contributed by atoms with Gasteiger partial charge in [0.05, 0.1) is 12.1 Å². The predicted molar refractivity (Wildman–Crippen MR) is 105 cm³/mol. The zero-order valence-corrected chi connectivity index (χ0v) is 16.2. The monoisotopic (exact) mass is 386 g/mol. The normalized spacial score (nSPS) is 16.0. The summed E-state index contributed by atoms with van der Waals surface area (Å²) in [5.74, 6) is 3.26. The van der Waals surface area contributed by atoms with Crippen LogP contribution in [-0.4, -0.2) is 44.0 Å². The molecule has 1 fully saturated rings. The Hall–Kier alpha value is -2.38. The van der Waals surface area contributed by atoms with Gasteiger partial charge in [0.25, 0.3) is 0 Å². The van der Waals surface area contributed by atoms with E-state index in [0.29, 0.717) is 12.5 Å². The number of benzene rings is 1. The lowest BCUT2D eigenvalue weighted by atomic mass is 9.92. The highest BCUT2D eigenvalue weighted by Crippen LogP contribution is 2.36. The fraction of sp³-hybridized carbons (Fsp3) is 0.421. The number of ether oxygens (including phenoxy) is 1. The van der Waals surface area contributed by atoms with Crippen LogP contribution < -0.4 is 10.1 Å². The fourth-order valence-electron chi connectivity index (χ4n) is 3.60. The van der Waals surface area contributed by atoms with Gasteiger partial charge in [-0.1, -0.05) is 6.07 Å². The lowest BCUT2D eigenvalue weighted by molar-refractivity contribution is 0.306. The van der Waals surface area contributed by atoms with Gasteiger partial charge in [-0.05, 0) is 31.5 Å². The van der Waals surface area contributed by atoms with Gasteiger partial charge in [-0.15, -0.1) is 12.4 Å². The van der Waals surface area contributed by atoms with E-state index in [9.17, 15) is 0 Å². The minimum Gasteiger partial charge on any atom is -0.491 e. The predicted octanol–water partition coefficient (Wildman–Crippen LogP) is 2.89. The van der Waals surface area contributed by atoms with E-state index in [1.54, 1.807) is 6.33 Å². The summed E-state index contributed by atoms with van der Waals surface area (Å²) in [6, 6.07) is 6.77. The van der Waals surface area contributed by atoms with Gasteiger partial charge < -0.3 is 14.6 Å². The molecule has 0 aliphatic carbocycles. The van der Waals surface area contributed by atoms with Crippen LogP contribution in [0.25, 0.3) is 22.9 Å². The average Bonchev–Trinajstić information content (AvgIpc) is 3.17. The quantitative estimate of drug-likeness (QED) is 0.749. The molecule has 142 valence electrons. The van der Waals surface area contributed by atoms with Gasteiger partial charge in [0.2, 0.25) is 0 Å². The molecule has 7 nitrogen and oxygen atoms in total. The van der Waals surface area contributed by atoms with Crippen molar-refractivity contribution >= 4 is 12.4 Å². The third kappa shape index (κ3) is 3.00. The first-order chi connectivity index (χ1) is 12.7. The molecule has 1 N–H and O–H groups in total. The Labute approximate surface area is 164 Å². The molecular weight excluding hydrogens is 364 g/mol. The molecule has 2 aliphatic rings. The van der Waals surface area contributed by atoms with Crippen molar-refractivity contribution in [3.63, 3.8) is 0 Å². The molecule has 8 heteroatoms. The van der Waals surface area contributed by atoms with E-state index in [2.05, 4.69) is 58.2 Å². The van der Waals surface area contributed by atoms with Crippen molar-refractivity contribution in [2.75, 3.05) is 19.7 Å². The summed E-state index contributed by atoms with van der Waals surface area (Å²) in [6.45, 7) is 7.69. The highest BCUT2D eigenvalue weighted by atomic mass is 35.5. The van der Waals surface area contributed by atoms with Crippen LogP contribution in [0.5, 0.6) is 5.75 Å². The minimum atomic E-state index is 0. The van der Waals surface area contributed by atoms with E-state index in [4.69, 9.17) is 9.72 Å². The second-order valence-corrected chi connectivity index (χ2v) is 7.22. The summed E-state index contributed by atoms with van der Waals surface area (Å²) in [5, 5.41) is 7.66. The van der Waals surface area contributed by atoms with Crippen molar-refractivity contribution in [3.8, 4) is 28.7 Å². The third-order valence-electron chi connectivity index (χ3n) is 5.16. The molecule has 3 aromatic rings. The zero-order chi connectivity index (χ0) is 17.7. The second-order valence-electron chi connectivity index (χ2n) is 7.22. The highest BCUT2D eigenvalue weighted by Gasteiger charge is 2.24. The topological polar surface area (TPSA) is 69.8 Å². The van der Waals surface area contributed by atoms with E-state index >= 15 is 0 Å². The fourth-order valence-corrected chi connectivity index (χ4v) is 3.60. The van der Waals surface area contributed by atoms with Gasteiger partial charge in [0.15, 0.2) is 5.82 Å². The highest BCUT2D eigenvalue weighted by molar-refractivity contribution is 5.85. The van der Waals surface area contributed by atoms with Crippen LogP contribution in [0.1, 0.15) is 31.4 Å². The lowest BCUT2D eigenvalue weighted by Crippen LogP contribution is -2.39. The first-order valence-electron chi connectivity index (χ1n) is 9.15. The summed E-state index contributed by atoms with van der Waals surface area (Å²) < 4.78 is 10.1. The molecule has 0 spiro atoms. The second kappa shape index (κ2) is 6.98. The standard InChI is InChI=1S/C19H22N6O.ClH/c1-12(2)25-19(21-11-22-25)16-10-24-5-6-26-17-7-13(14-8-20-9-14)3-4-15(17)18(24)23-16;/h3-4,7,10-12,14,20H,5-6,8-9H2,1-2H3;1H. The summed E-state index contributed by atoms with van der Waals surface area (Å²) in [5.41, 5.74) is 3.23. The minimum absolute atomic E-state index is 0. The smallest absolute Gasteiger partial charge is 0.178 e. The van der Waals surface area contributed by atoms with Crippen molar-refractivity contribution in [3.05, 3.63) is 36.3 Å². The number of nitrogens with zero attached hydrogens (tertiary/aromatic N) is 5. The Morgan fingerprint density at radius 2 is 2.07 bits per heavy atom. The molecule has 2 aromatic heterocycles. The number of imidazole rings is 1. The third-order valence-corrected chi connectivity index (χ3v) is 5.16. The maximum absolute atomic E-state index is 6.03. The molecule has 0 atom stereocenters. The maximum Gasteiger partial charge on any atom is 0.178 e. The first-order valence-corrected chi connectivity index (χ1v) is 9.15. The van der Waals surface area contributed by atoms with Crippen LogP contribution in [0.4, 0.5) is 0 Å². The summed E-state index contributed by atoms with van der Waals surface area (Å²) in [6.07, 6.45) is 3.65. The maximum atomic E-state index is 6.03. The number of hydrogen-bond donors (Lipinski definition) is 1. The molecule has 27 heavy (non-hydrogen) atoms. The SMILES string of the molecule is CC(C)n1ncnc1-c1cn2c(n1)-c1ccc(C3CNC3)cc1OCC2.Cl. The molecule has 2 aliphatic heterocycles. The Morgan fingerprint density at radius 1 is 1.22 bits per heavy atom. The van der Waals surface area contributed by atoms with Gasteiger partial charge in [-0.2, -0.15) is 5.10 Å². The van der Waals surface area contributed by atoms with Crippen molar-refractivity contribution in [2.24, 2.45) is 0 Å². The molecule has 4 heterocycles. The number of aromatic nitrogens is 5. The molecule has 0 radical (unpaired) electrons. The van der Waals surface area contributed by atoms with Crippen LogP contribution in [0.15, 0.2) is 30.7 Å². The van der Waals surface area contributed by atoms with Gasteiger partial charge in [-0.25, -0.2) is 14.6 Å². The van der Waals surface area contributed by atoms with E-state index in [1.165, 1.54) is 5.56 Å². The van der Waals surface area contributed by atoms with Crippen molar-refractivity contribution in [1.29, 1.82) is 0 Å². The Balaban J connectivity index is 0.00000180. The van der Waals surface area contributed by atoms with Crippen LogP contribution in [0.2, 0.25) is 0 Å². The number of nitrogens with one attached hydrogen (secondary N) is 1. The van der Waals surface area contributed by atoms with Crippen LogP contribution >= 0.6 is 12.4 Å². The Bertz CT molecular complexity index is 959. The average molecular weight is 387 g/mol. The number of rotatable bonds is 3. The van der Waals surface area contributed by atoms with Crippen molar-refractivity contribution in [1.82, 2.24) is 29.6 Å².